The summed E-state index contributed by atoms with van der Waals surface area (Å²) in [5.41, 5.74) is 2.45. The van der Waals surface area contributed by atoms with E-state index in [4.69, 9.17) is 0 Å². The third-order valence-electron chi connectivity index (χ3n) is 5.65. The van der Waals surface area contributed by atoms with Crippen LogP contribution >= 0.6 is 0 Å². The fourth-order valence-corrected chi connectivity index (χ4v) is 4.29. The summed E-state index contributed by atoms with van der Waals surface area (Å²) in [6.45, 7) is 2.16. The molecule has 1 aliphatic rings. The molecular weight excluding hydrogens is 325 g/mol. The maximum atomic E-state index is 14.1. The monoisotopic (exact) mass is 349 g/mol. The van der Waals surface area contributed by atoms with Crippen LogP contribution in [0.4, 0.5) is 4.39 Å². The van der Waals surface area contributed by atoms with Crippen molar-refractivity contribution in [2.24, 2.45) is 0 Å². The molecule has 1 aliphatic carbocycles. The summed E-state index contributed by atoms with van der Waals surface area (Å²) in [6.07, 6.45) is 3.38. The Morgan fingerprint density at radius 3 is 2.46 bits per heavy atom. The first-order chi connectivity index (χ1) is 12.6. The Morgan fingerprint density at radius 2 is 1.69 bits per heavy atom. The standard InChI is InChI=1S/C23H24FNO/c1-15(20-12-13-23(24)22-5-3-2-4-21(20)22)25-18-9-6-17(14-18)16-7-10-19(26)11-8-16/h2-5,7-8,10-13,15,17-18,25-26H,6,9,14H2,1H3. The number of aromatic hydroxyl groups is 1. The lowest BCUT2D eigenvalue weighted by atomic mass is 9.96. The molecular formula is C23H24FNO. The Kier molecular flexibility index (Phi) is 4.64. The van der Waals surface area contributed by atoms with Crippen LogP contribution in [0.3, 0.4) is 0 Å². The summed E-state index contributed by atoms with van der Waals surface area (Å²) in [7, 11) is 0. The van der Waals surface area contributed by atoms with E-state index >= 15 is 0 Å². The van der Waals surface area contributed by atoms with E-state index in [9.17, 15) is 9.50 Å². The van der Waals surface area contributed by atoms with Crippen molar-refractivity contribution >= 4 is 10.8 Å². The molecule has 0 heterocycles. The molecule has 0 aliphatic heterocycles. The highest BCUT2D eigenvalue weighted by Crippen LogP contribution is 2.36. The summed E-state index contributed by atoms with van der Waals surface area (Å²) in [5.74, 6) is 0.688. The lowest BCUT2D eigenvalue weighted by Gasteiger charge is -2.22. The van der Waals surface area contributed by atoms with Gasteiger partial charge in [-0.25, -0.2) is 4.39 Å². The molecule has 0 radical (unpaired) electrons. The van der Waals surface area contributed by atoms with E-state index in [1.807, 2.05) is 42.5 Å². The molecule has 3 atom stereocenters. The topological polar surface area (TPSA) is 32.3 Å². The normalized spacial score (nSPS) is 21.2. The number of phenols is 1. The Morgan fingerprint density at radius 1 is 0.962 bits per heavy atom. The van der Waals surface area contributed by atoms with Crippen LogP contribution in [0.15, 0.2) is 60.7 Å². The molecule has 0 amide bonds. The lowest BCUT2D eigenvalue weighted by Crippen LogP contribution is -2.29. The van der Waals surface area contributed by atoms with Gasteiger partial charge >= 0.3 is 0 Å². The Bertz CT molecular complexity index is 906. The average molecular weight is 349 g/mol. The smallest absolute Gasteiger partial charge is 0.131 e. The van der Waals surface area contributed by atoms with E-state index in [1.165, 1.54) is 5.56 Å². The maximum absolute atomic E-state index is 14.1. The van der Waals surface area contributed by atoms with Crippen molar-refractivity contribution in [2.45, 2.75) is 44.2 Å². The second kappa shape index (κ2) is 7.08. The Labute approximate surface area is 153 Å². The molecule has 1 saturated carbocycles. The first-order valence-electron chi connectivity index (χ1n) is 9.34. The molecule has 26 heavy (non-hydrogen) atoms. The number of benzene rings is 3. The number of rotatable bonds is 4. The second-order valence-corrected chi connectivity index (χ2v) is 7.37. The van der Waals surface area contributed by atoms with Crippen molar-refractivity contribution < 1.29 is 9.50 Å². The van der Waals surface area contributed by atoms with Crippen molar-refractivity contribution in [2.75, 3.05) is 0 Å². The van der Waals surface area contributed by atoms with Crippen LogP contribution in [0, 0.1) is 5.82 Å². The highest BCUT2D eigenvalue weighted by molar-refractivity contribution is 5.86. The number of nitrogens with one attached hydrogen (secondary N) is 1. The number of hydrogen-bond donors (Lipinski definition) is 2. The maximum Gasteiger partial charge on any atom is 0.131 e. The minimum atomic E-state index is -0.162. The predicted molar refractivity (Wildman–Crippen MR) is 104 cm³/mol. The summed E-state index contributed by atoms with van der Waals surface area (Å²) in [5, 5.41) is 14.9. The van der Waals surface area contributed by atoms with Gasteiger partial charge in [0.1, 0.15) is 11.6 Å². The Hall–Kier alpha value is -2.39. The van der Waals surface area contributed by atoms with E-state index in [2.05, 4.69) is 12.2 Å². The first kappa shape index (κ1) is 17.0. The van der Waals surface area contributed by atoms with Crippen LogP contribution in [-0.4, -0.2) is 11.1 Å². The highest BCUT2D eigenvalue weighted by atomic mass is 19.1. The van der Waals surface area contributed by atoms with Gasteiger partial charge in [0, 0.05) is 17.5 Å². The van der Waals surface area contributed by atoms with Crippen LogP contribution < -0.4 is 5.32 Å². The van der Waals surface area contributed by atoms with Crippen LogP contribution in [0.1, 0.15) is 49.3 Å². The molecule has 3 unspecified atom stereocenters. The van der Waals surface area contributed by atoms with E-state index in [0.29, 0.717) is 23.1 Å². The summed E-state index contributed by atoms with van der Waals surface area (Å²) in [4.78, 5) is 0. The van der Waals surface area contributed by atoms with Gasteiger partial charge < -0.3 is 10.4 Å². The van der Waals surface area contributed by atoms with Crippen LogP contribution in [0.2, 0.25) is 0 Å². The van der Waals surface area contributed by atoms with Crippen molar-refractivity contribution in [3.05, 3.63) is 77.6 Å². The minimum absolute atomic E-state index is 0.162. The molecule has 3 aromatic carbocycles. The molecule has 0 saturated heterocycles. The van der Waals surface area contributed by atoms with E-state index in [-0.39, 0.29) is 11.9 Å². The van der Waals surface area contributed by atoms with Gasteiger partial charge in [-0.05, 0) is 66.8 Å². The summed E-state index contributed by atoms with van der Waals surface area (Å²) in [6, 6.07) is 19.4. The zero-order valence-corrected chi connectivity index (χ0v) is 15.0. The second-order valence-electron chi connectivity index (χ2n) is 7.37. The van der Waals surface area contributed by atoms with Gasteiger partial charge in [-0.3, -0.25) is 0 Å². The predicted octanol–water partition coefficient (Wildman–Crippen LogP) is 5.67. The third kappa shape index (κ3) is 3.32. The fraction of sp³-hybridized carbons (Fsp3) is 0.304. The highest BCUT2D eigenvalue weighted by Gasteiger charge is 2.27. The zero-order chi connectivity index (χ0) is 18.1. The molecule has 0 spiro atoms. The summed E-state index contributed by atoms with van der Waals surface area (Å²) >= 11 is 0. The average Bonchev–Trinajstić information content (AvgIpc) is 3.11. The van der Waals surface area contributed by atoms with Gasteiger partial charge in [0.15, 0.2) is 0 Å². The van der Waals surface area contributed by atoms with Crippen molar-refractivity contribution in [1.29, 1.82) is 0 Å². The van der Waals surface area contributed by atoms with E-state index < -0.39 is 0 Å². The van der Waals surface area contributed by atoms with Gasteiger partial charge in [-0.15, -0.1) is 0 Å². The first-order valence-corrected chi connectivity index (χ1v) is 9.34. The number of halogens is 1. The minimum Gasteiger partial charge on any atom is -0.508 e. The largest absolute Gasteiger partial charge is 0.508 e. The van der Waals surface area contributed by atoms with Gasteiger partial charge in [-0.1, -0.05) is 42.5 Å². The molecule has 3 aromatic rings. The molecule has 4 rings (SSSR count). The van der Waals surface area contributed by atoms with Crippen molar-refractivity contribution in [3.63, 3.8) is 0 Å². The molecule has 2 nitrogen and oxygen atoms in total. The van der Waals surface area contributed by atoms with Gasteiger partial charge in [0.2, 0.25) is 0 Å². The zero-order valence-electron chi connectivity index (χ0n) is 15.0. The molecule has 2 N–H and O–H groups in total. The number of phenolic OH excluding ortho intramolecular Hbond substituents is 1. The third-order valence-corrected chi connectivity index (χ3v) is 5.65. The van der Waals surface area contributed by atoms with Crippen molar-refractivity contribution in [3.8, 4) is 5.75 Å². The Balaban J connectivity index is 1.48. The van der Waals surface area contributed by atoms with E-state index in [0.717, 1.165) is 30.2 Å². The lowest BCUT2D eigenvalue weighted by molar-refractivity contribution is 0.458. The van der Waals surface area contributed by atoms with E-state index in [1.54, 1.807) is 18.2 Å². The molecule has 0 aromatic heterocycles. The summed E-state index contributed by atoms with van der Waals surface area (Å²) < 4.78 is 14.1. The van der Waals surface area contributed by atoms with Gasteiger partial charge in [0.05, 0.1) is 0 Å². The van der Waals surface area contributed by atoms with Crippen molar-refractivity contribution in [1.82, 2.24) is 5.32 Å². The van der Waals surface area contributed by atoms with Gasteiger partial charge in [-0.2, -0.15) is 0 Å². The quantitative estimate of drug-likeness (QED) is 0.636. The fourth-order valence-electron chi connectivity index (χ4n) is 4.29. The molecule has 134 valence electrons. The molecule has 3 heteroatoms. The van der Waals surface area contributed by atoms with Crippen LogP contribution in [0.25, 0.3) is 10.8 Å². The molecule has 1 fully saturated rings. The molecule has 0 bridgehead atoms. The number of hydrogen-bond acceptors (Lipinski definition) is 2. The van der Waals surface area contributed by atoms with Crippen LogP contribution in [0.5, 0.6) is 5.75 Å². The SMILES string of the molecule is CC(NC1CCC(c2ccc(O)cc2)C1)c1ccc(F)c2ccccc12. The number of fused-ring (bicyclic) bond motifs is 1. The van der Waals surface area contributed by atoms with Gasteiger partial charge in [0.25, 0.3) is 0 Å². The van der Waals surface area contributed by atoms with Crippen LogP contribution in [-0.2, 0) is 0 Å².